The van der Waals surface area contributed by atoms with Crippen molar-refractivity contribution in [1.29, 1.82) is 0 Å². The number of carbonyl (C=O) groups is 1. The average Bonchev–Trinajstić information content (AvgIpc) is 2.43. The van der Waals surface area contributed by atoms with Crippen LogP contribution in [0.25, 0.3) is 0 Å². The van der Waals surface area contributed by atoms with E-state index in [1.807, 2.05) is 0 Å². The molecule has 0 saturated heterocycles. The number of ketones is 1. The van der Waals surface area contributed by atoms with E-state index in [1.165, 1.54) is 13.0 Å². The monoisotopic (exact) mass is 348 g/mol. The van der Waals surface area contributed by atoms with E-state index in [1.54, 1.807) is 6.08 Å². The maximum atomic E-state index is 12.4. The summed E-state index contributed by atoms with van der Waals surface area (Å²) < 4.78 is 37.2. The molecule has 0 aliphatic rings. The fourth-order valence-electron chi connectivity index (χ4n) is 2.49. The quantitative estimate of drug-likeness (QED) is 0.503. The number of hydrogen-bond donors (Lipinski definition) is 1. The lowest BCUT2D eigenvalue weighted by atomic mass is 9.91. The van der Waals surface area contributed by atoms with Crippen LogP contribution in [-0.2, 0) is 4.79 Å². The Hall–Kier alpha value is -1.10. The van der Waals surface area contributed by atoms with E-state index < -0.39 is 30.4 Å². The normalized spacial score (nSPS) is 16.4. The molecule has 0 bridgehead atoms. The number of aliphatic hydroxyl groups is 1. The van der Waals surface area contributed by atoms with Gasteiger partial charge in [0.2, 0.25) is 0 Å². The number of Topliss-reactive ketones (excluding diaryl/α,β-unsaturated/α-hetero) is 1. The first-order chi connectivity index (χ1) is 10.9. The van der Waals surface area contributed by atoms with Gasteiger partial charge in [-0.25, -0.2) is 0 Å². The largest absolute Gasteiger partial charge is 0.389 e. The van der Waals surface area contributed by atoms with Gasteiger partial charge in [-0.1, -0.05) is 57.9 Å². The summed E-state index contributed by atoms with van der Waals surface area (Å²) in [5.74, 6) is -0.292. The van der Waals surface area contributed by atoms with Crippen molar-refractivity contribution in [3.05, 3.63) is 24.3 Å². The molecule has 0 fully saturated rings. The lowest BCUT2D eigenvalue weighted by Gasteiger charge is -2.19. The third-order valence-electron chi connectivity index (χ3n) is 4.01. The summed E-state index contributed by atoms with van der Waals surface area (Å²) in [5.41, 5.74) is 0.805. The van der Waals surface area contributed by atoms with Gasteiger partial charge in [0.05, 0.1) is 0 Å². The van der Waals surface area contributed by atoms with Gasteiger partial charge in [0, 0.05) is 12.3 Å². The van der Waals surface area contributed by atoms with Crippen LogP contribution < -0.4 is 0 Å². The number of carbonyl (C=O) groups excluding carboxylic acids is 1. The van der Waals surface area contributed by atoms with Crippen molar-refractivity contribution in [2.75, 3.05) is 0 Å². The van der Waals surface area contributed by atoms with Crippen molar-refractivity contribution < 1.29 is 23.1 Å². The van der Waals surface area contributed by atoms with Crippen LogP contribution in [0.4, 0.5) is 13.2 Å². The van der Waals surface area contributed by atoms with Gasteiger partial charge in [0.15, 0.2) is 5.78 Å². The molecule has 0 rings (SSSR count). The third kappa shape index (κ3) is 11.4. The SMILES string of the molecule is C=C(/C=C/[C@@H](CCC(F)(F)F)[C@@H](O)C(C)=O)C[C@H](C)CCC(C)C. The van der Waals surface area contributed by atoms with Crippen molar-refractivity contribution in [1.82, 2.24) is 0 Å². The number of alkyl halides is 3. The highest BCUT2D eigenvalue weighted by Gasteiger charge is 2.30. The van der Waals surface area contributed by atoms with E-state index in [0.29, 0.717) is 11.8 Å². The number of halogens is 3. The van der Waals surface area contributed by atoms with Gasteiger partial charge in [-0.15, -0.1) is 0 Å². The first-order valence-corrected chi connectivity index (χ1v) is 8.53. The molecule has 0 amide bonds. The maximum Gasteiger partial charge on any atom is 0.389 e. The smallest absolute Gasteiger partial charge is 0.385 e. The molecule has 3 atom stereocenters. The van der Waals surface area contributed by atoms with Crippen molar-refractivity contribution >= 4 is 5.78 Å². The molecule has 0 aromatic heterocycles. The van der Waals surface area contributed by atoms with Gasteiger partial charge in [-0.3, -0.25) is 4.79 Å². The Morgan fingerprint density at radius 2 is 1.75 bits per heavy atom. The standard InChI is InChI=1S/C19H31F3O2/c1-13(2)6-7-14(3)12-15(4)8-9-17(18(24)16(5)23)10-11-19(20,21)22/h8-9,13-14,17-18,24H,4,6-7,10-12H2,1-3,5H3/b9-8+/t14-,17+,18+/m1/s1. The molecule has 0 unspecified atom stereocenters. The van der Waals surface area contributed by atoms with Crippen molar-refractivity contribution in [2.45, 2.75) is 72.1 Å². The van der Waals surface area contributed by atoms with E-state index in [2.05, 4.69) is 27.4 Å². The van der Waals surface area contributed by atoms with E-state index in [-0.39, 0.29) is 6.42 Å². The molecule has 0 spiro atoms. The minimum Gasteiger partial charge on any atom is -0.385 e. The van der Waals surface area contributed by atoms with E-state index in [0.717, 1.165) is 24.8 Å². The Morgan fingerprint density at radius 3 is 2.21 bits per heavy atom. The number of allylic oxidation sites excluding steroid dienone is 2. The summed E-state index contributed by atoms with van der Waals surface area (Å²) in [6.07, 6.45) is -0.950. The molecule has 2 nitrogen and oxygen atoms in total. The molecule has 0 aliphatic heterocycles. The molecule has 0 aromatic rings. The molecule has 0 aromatic carbocycles. The van der Waals surface area contributed by atoms with Crippen LogP contribution in [0.2, 0.25) is 0 Å². The number of aliphatic hydroxyl groups excluding tert-OH is 1. The molecule has 5 heteroatoms. The van der Waals surface area contributed by atoms with E-state index in [9.17, 15) is 23.1 Å². The van der Waals surface area contributed by atoms with Crippen LogP contribution in [0.1, 0.15) is 59.8 Å². The van der Waals surface area contributed by atoms with E-state index in [4.69, 9.17) is 0 Å². The Kier molecular flexibility index (Phi) is 10.2. The highest BCUT2D eigenvalue weighted by atomic mass is 19.4. The van der Waals surface area contributed by atoms with Gasteiger partial charge < -0.3 is 5.11 Å². The summed E-state index contributed by atoms with van der Waals surface area (Å²) in [6, 6.07) is 0. The zero-order chi connectivity index (χ0) is 18.9. The van der Waals surface area contributed by atoms with Gasteiger partial charge in [0.1, 0.15) is 6.10 Å². The second kappa shape index (κ2) is 10.7. The van der Waals surface area contributed by atoms with Crippen molar-refractivity contribution in [2.24, 2.45) is 17.8 Å². The van der Waals surface area contributed by atoms with E-state index >= 15 is 0 Å². The van der Waals surface area contributed by atoms with Gasteiger partial charge in [-0.05, 0) is 31.6 Å². The predicted molar refractivity (Wildman–Crippen MR) is 91.6 cm³/mol. The lowest BCUT2D eigenvalue weighted by molar-refractivity contribution is -0.141. The van der Waals surface area contributed by atoms with Gasteiger partial charge in [-0.2, -0.15) is 13.2 Å². The predicted octanol–water partition coefficient (Wildman–Crippen LogP) is 5.47. The van der Waals surface area contributed by atoms with Crippen LogP contribution in [0, 0.1) is 17.8 Å². The minimum atomic E-state index is -4.30. The number of rotatable bonds is 11. The zero-order valence-corrected chi connectivity index (χ0v) is 15.2. The molecule has 0 radical (unpaired) electrons. The topological polar surface area (TPSA) is 37.3 Å². The fourth-order valence-corrected chi connectivity index (χ4v) is 2.49. The molecule has 24 heavy (non-hydrogen) atoms. The first kappa shape index (κ1) is 22.9. The van der Waals surface area contributed by atoms with Gasteiger partial charge >= 0.3 is 6.18 Å². The highest BCUT2D eigenvalue weighted by Crippen LogP contribution is 2.27. The number of hydrogen-bond acceptors (Lipinski definition) is 2. The van der Waals surface area contributed by atoms with Crippen LogP contribution in [0.15, 0.2) is 24.3 Å². The summed E-state index contributed by atoms with van der Waals surface area (Å²) in [6.45, 7) is 11.6. The molecule has 0 saturated carbocycles. The molecule has 0 heterocycles. The van der Waals surface area contributed by atoms with Crippen LogP contribution in [-0.4, -0.2) is 23.2 Å². The summed E-state index contributed by atoms with van der Waals surface area (Å²) in [4.78, 5) is 11.3. The average molecular weight is 348 g/mol. The minimum absolute atomic E-state index is 0.309. The first-order valence-electron chi connectivity index (χ1n) is 8.53. The third-order valence-corrected chi connectivity index (χ3v) is 4.01. The summed E-state index contributed by atoms with van der Waals surface area (Å²) >= 11 is 0. The van der Waals surface area contributed by atoms with Gasteiger partial charge in [0.25, 0.3) is 0 Å². The molecule has 1 N–H and O–H groups in total. The summed E-state index contributed by atoms with van der Waals surface area (Å²) in [5, 5.41) is 9.83. The zero-order valence-electron chi connectivity index (χ0n) is 15.2. The summed E-state index contributed by atoms with van der Waals surface area (Å²) in [7, 11) is 0. The Morgan fingerprint density at radius 1 is 1.17 bits per heavy atom. The highest BCUT2D eigenvalue weighted by molar-refractivity contribution is 5.80. The van der Waals surface area contributed by atoms with Crippen molar-refractivity contribution in [3.63, 3.8) is 0 Å². The second-order valence-corrected chi connectivity index (χ2v) is 7.17. The Balaban J connectivity index is 4.66. The lowest BCUT2D eigenvalue weighted by Crippen LogP contribution is -2.27. The Labute approximate surface area is 143 Å². The Bertz CT molecular complexity index is 425. The molecular weight excluding hydrogens is 317 g/mol. The molecular formula is C19H31F3O2. The second-order valence-electron chi connectivity index (χ2n) is 7.17. The van der Waals surface area contributed by atoms with Crippen LogP contribution in [0.3, 0.4) is 0 Å². The van der Waals surface area contributed by atoms with Crippen LogP contribution >= 0.6 is 0 Å². The fraction of sp³-hybridized carbons (Fsp3) is 0.737. The van der Waals surface area contributed by atoms with Crippen LogP contribution in [0.5, 0.6) is 0 Å². The van der Waals surface area contributed by atoms with Crippen molar-refractivity contribution in [3.8, 4) is 0 Å². The maximum absolute atomic E-state index is 12.4. The molecule has 140 valence electrons. The molecule has 0 aliphatic carbocycles.